The summed E-state index contributed by atoms with van der Waals surface area (Å²) in [6.07, 6.45) is 0.524. The number of rotatable bonds is 5. The van der Waals surface area contributed by atoms with Gasteiger partial charge in [0.2, 0.25) is 0 Å². The SMILES string of the molecule is CNC(Cc1cc(Cl)ccc1F)c1cccc(OC)c1. The number of halogens is 2. The van der Waals surface area contributed by atoms with E-state index in [4.69, 9.17) is 16.3 Å². The first kappa shape index (κ1) is 14.8. The van der Waals surface area contributed by atoms with Crippen LogP contribution in [0.5, 0.6) is 5.75 Å². The van der Waals surface area contributed by atoms with Crippen LogP contribution in [0.15, 0.2) is 42.5 Å². The molecule has 20 heavy (non-hydrogen) atoms. The Morgan fingerprint density at radius 2 is 2.05 bits per heavy atom. The molecule has 0 aliphatic carbocycles. The van der Waals surface area contributed by atoms with Crippen LogP contribution in [0.1, 0.15) is 17.2 Å². The first-order chi connectivity index (χ1) is 9.63. The van der Waals surface area contributed by atoms with Gasteiger partial charge in [-0.2, -0.15) is 0 Å². The highest BCUT2D eigenvalue weighted by Crippen LogP contribution is 2.24. The van der Waals surface area contributed by atoms with Gasteiger partial charge in [-0.15, -0.1) is 0 Å². The third-order valence-corrected chi connectivity index (χ3v) is 3.51. The highest BCUT2D eigenvalue weighted by Gasteiger charge is 2.14. The predicted octanol–water partition coefficient (Wildman–Crippen LogP) is 3.99. The molecule has 0 heterocycles. The molecule has 0 aliphatic rings. The summed E-state index contributed by atoms with van der Waals surface area (Å²) in [5.41, 5.74) is 1.64. The second kappa shape index (κ2) is 6.73. The topological polar surface area (TPSA) is 21.3 Å². The molecule has 2 aromatic carbocycles. The number of methoxy groups -OCH3 is 1. The molecule has 106 valence electrons. The van der Waals surface area contributed by atoms with Gasteiger partial charge in [0, 0.05) is 11.1 Å². The molecule has 0 radical (unpaired) electrons. The minimum Gasteiger partial charge on any atom is -0.497 e. The van der Waals surface area contributed by atoms with Gasteiger partial charge >= 0.3 is 0 Å². The minimum absolute atomic E-state index is 0.00179. The zero-order valence-electron chi connectivity index (χ0n) is 11.5. The van der Waals surface area contributed by atoms with Crippen molar-refractivity contribution in [2.45, 2.75) is 12.5 Å². The Hall–Kier alpha value is -1.58. The summed E-state index contributed by atoms with van der Waals surface area (Å²) in [6.45, 7) is 0. The third kappa shape index (κ3) is 3.50. The summed E-state index contributed by atoms with van der Waals surface area (Å²) in [5, 5.41) is 3.74. The second-order valence-corrected chi connectivity index (χ2v) is 4.99. The van der Waals surface area contributed by atoms with Gasteiger partial charge in [0.25, 0.3) is 0 Å². The molecule has 2 rings (SSSR count). The molecule has 0 saturated heterocycles. The fourth-order valence-corrected chi connectivity index (χ4v) is 2.36. The molecule has 0 fully saturated rings. The maximum atomic E-state index is 13.8. The lowest BCUT2D eigenvalue weighted by molar-refractivity contribution is 0.413. The first-order valence-corrected chi connectivity index (χ1v) is 6.77. The van der Waals surface area contributed by atoms with Gasteiger partial charge in [0.15, 0.2) is 0 Å². The van der Waals surface area contributed by atoms with Crippen molar-refractivity contribution < 1.29 is 9.13 Å². The standard InChI is InChI=1S/C16H17ClFNO/c1-19-16(11-4-3-5-14(9-11)20-2)10-12-8-13(17)6-7-15(12)18/h3-9,16,19H,10H2,1-2H3. The van der Waals surface area contributed by atoms with Crippen LogP contribution in [0.2, 0.25) is 5.02 Å². The summed E-state index contributed by atoms with van der Waals surface area (Å²) in [6, 6.07) is 12.4. The van der Waals surface area contributed by atoms with Crippen LogP contribution in [-0.4, -0.2) is 14.2 Å². The van der Waals surface area contributed by atoms with Crippen LogP contribution in [0.25, 0.3) is 0 Å². The lowest BCUT2D eigenvalue weighted by Gasteiger charge is -2.18. The van der Waals surface area contributed by atoms with Gasteiger partial charge in [-0.1, -0.05) is 23.7 Å². The summed E-state index contributed by atoms with van der Waals surface area (Å²) in [5.74, 6) is 0.548. The van der Waals surface area contributed by atoms with E-state index in [1.165, 1.54) is 6.07 Å². The number of nitrogens with one attached hydrogen (secondary N) is 1. The number of likely N-dealkylation sites (N-methyl/N-ethyl adjacent to an activating group) is 1. The van der Waals surface area contributed by atoms with E-state index < -0.39 is 0 Å². The fourth-order valence-electron chi connectivity index (χ4n) is 2.16. The smallest absolute Gasteiger partial charge is 0.126 e. The van der Waals surface area contributed by atoms with Crippen molar-refractivity contribution in [2.24, 2.45) is 0 Å². The van der Waals surface area contributed by atoms with Crippen molar-refractivity contribution in [2.75, 3.05) is 14.2 Å². The lowest BCUT2D eigenvalue weighted by atomic mass is 9.98. The largest absolute Gasteiger partial charge is 0.497 e. The summed E-state index contributed by atoms with van der Waals surface area (Å²) in [4.78, 5) is 0. The molecule has 1 atom stereocenters. The monoisotopic (exact) mass is 293 g/mol. The molecular weight excluding hydrogens is 277 g/mol. The van der Waals surface area contributed by atoms with Crippen molar-refractivity contribution in [1.82, 2.24) is 5.32 Å². The van der Waals surface area contributed by atoms with E-state index in [1.807, 2.05) is 31.3 Å². The molecule has 0 saturated carbocycles. The van der Waals surface area contributed by atoms with Gasteiger partial charge in [0.05, 0.1) is 7.11 Å². The van der Waals surface area contributed by atoms with Gasteiger partial charge in [-0.05, 0) is 54.9 Å². The Morgan fingerprint density at radius 3 is 2.75 bits per heavy atom. The van der Waals surface area contributed by atoms with Crippen LogP contribution >= 0.6 is 11.6 Å². The highest BCUT2D eigenvalue weighted by molar-refractivity contribution is 6.30. The number of benzene rings is 2. The molecule has 0 amide bonds. The quantitative estimate of drug-likeness (QED) is 0.900. The minimum atomic E-state index is -0.238. The molecule has 0 aromatic heterocycles. The van der Waals surface area contributed by atoms with Crippen LogP contribution in [0, 0.1) is 5.82 Å². The maximum Gasteiger partial charge on any atom is 0.126 e. The molecule has 1 unspecified atom stereocenters. The molecule has 1 N–H and O–H groups in total. The summed E-state index contributed by atoms with van der Waals surface area (Å²) in [7, 11) is 3.48. The second-order valence-electron chi connectivity index (χ2n) is 4.56. The molecule has 0 spiro atoms. The number of ether oxygens (including phenoxy) is 1. The maximum absolute atomic E-state index is 13.8. The average Bonchev–Trinajstić information content (AvgIpc) is 2.48. The van der Waals surface area contributed by atoms with Gasteiger partial charge in [0.1, 0.15) is 11.6 Å². The van der Waals surface area contributed by atoms with E-state index in [0.29, 0.717) is 17.0 Å². The van der Waals surface area contributed by atoms with Gasteiger partial charge < -0.3 is 10.1 Å². The van der Waals surface area contributed by atoms with E-state index in [9.17, 15) is 4.39 Å². The third-order valence-electron chi connectivity index (χ3n) is 3.28. The van der Waals surface area contributed by atoms with E-state index in [1.54, 1.807) is 19.2 Å². The zero-order valence-corrected chi connectivity index (χ0v) is 12.2. The van der Waals surface area contributed by atoms with Crippen molar-refractivity contribution in [1.29, 1.82) is 0 Å². The Morgan fingerprint density at radius 1 is 1.25 bits per heavy atom. The summed E-state index contributed by atoms with van der Waals surface area (Å²) < 4.78 is 19.0. The molecule has 2 nitrogen and oxygen atoms in total. The van der Waals surface area contributed by atoms with Crippen molar-refractivity contribution in [3.05, 3.63) is 64.4 Å². The Bertz CT molecular complexity index is 588. The normalized spacial score (nSPS) is 12.2. The van der Waals surface area contributed by atoms with Crippen LogP contribution < -0.4 is 10.1 Å². The zero-order chi connectivity index (χ0) is 14.5. The first-order valence-electron chi connectivity index (χ1n) is 6.39. The molecule has 0 aliphatic heterocycles. The fraction of sp³-hybridized carbons (Fsp3) is 0.250. The van der Waals surface area contributed by atoms with Gasteiger partial charge in [-0.3, -0.25) is 0 Å². The molecular formula is C16H17ClFNO. The molecule has 0 bridgehead atoms. The Kier molecular flexibility index (Phi) is 4.99. The average molecular weight is 294 g/mol. The van der Waals surface area contributed by atoms with Gasteiger partial charge in [-0.25, -0.2) is 4.39 Å². The lowest BCUT2D eigenvalue weighted by Crippen LogP contribution is -2.19. The molecule has 4 heteroatoms. The van der Waals surface area contributed by atoms with Crippen molar-refractivity contribution in [3.8, 4) is 5.75 Å². The van der Waals surface area contributed by atoms with Crippen LogP contribution in [0.4, 0.5) is 4.39 Å². The number of hydrogen-bond donors (Lipinski definition) is 1. The van der Waals surface area contributed by atoms with Crippen molar-refractivity contribution in [3.63, 3.8) is 0 Å². The molecule has 2 aromatic rings. The summed E-state index contributed by atoms with van der Waals surface area (Å²) >= 11 is 5.93. The van der Waals surface area contributed by atoms with Crippen LogP contribution in [-0.2, 0) is 6.42 Å². The van der Waals surface area contributed by atoms with E-state index >= 15 is 0 Å². The predicted molar refractivity (Wildman–Crippen MR) is 79.9 cm³/mol. The number of hydrogen-bond acceptors (Lipinski definition) is 2. The van der Waals surface area contributed by atoms with E-state index in [0.717, 1.165) is 11.3 Å². The Labute approximate surface area is 123 Å². The van der Waals surface area contributed by atoms with E-state index in [-0.39, 0.29) is 11.9 Å². The Balaban J connectivity index is 2.26. The van der Waals surface area contributed by atoms with E-state index in [2.05, 4.69) is 5.32 Å². The van der Waals surface area contributed by atoms with Crippen molar-refractivity contribution >= 4 is 11.6 Å². The van der Waals surface area contributed by atoms with Crippen LogP contribution in [0.3, 0.4) is 0 Å². The highest BCUT2D eigenvalue weighted by atomic mass is 35.5.